The van der Waals surface area contributed by atoms with Gasteiger partial charge in [0.05, 0.1) is 5.41 Å². The van der Waals surface area contributed by atoms with E-state index in [-0.39, 0.29) is 17.3 Å². The van der Waals surface area contributed by atoms with E-state index < -0.39 is 5.41 Å². The maximum absolute atomic E-state index is 9.40. The summed E-state index contributed by atoms with van der Waals surface area (Å²) in [5.41, 5.74) is 5.96. The maximum Gasteiger partial charge on any atom is 0.157 e. The number of hydrogen-bond acceptors (Lipinski definition) is 3. The molecule has 80 valence electrons. The number of hydrogen-bond donors (Lipinski definition) is 4. The molecule has 1 aliphatic carbocycles. The van der Waals surface area contributed by atoms with Gasteiger partial charge in [-0.25, -0.2) is 0 Å². The number of rotatable bonds is 2. The summed E-state index contributed by atoms with van der Waals surface area (Å²) in [4.78, 5) is 0. The van der Waals surface area contributed by atoms with Crippen molar-refractivity contribution in [2.24, 2.45) is 11.7 Å². The van der Waals surface area contributed by atoms with Gasteiger partial charge in [-0.1, -0.05) is 13.0 Å². The number of amidine groups is 1. The lowest BCUT2D eigenvalue weighted by atomic mass is 9.92. The molecule has 2 atom stereocenters. The molecule has 1 saturated carbocycles. The van der Waals surface area contributed by atoms with Crippen LogP contribution >= 0.6 is 0 Å². The molecule has 2 unspecified atom stereocenters. The number of benzene rings is 1. The maximum atomic E-state index is 9.40. The fourth-order valence-corrected chi connectivity index (χ4v) is 2.16. The molecule has 5 N–H and O–H groups in total. The summed E-state index contributed by atoms with van der Waals surface area (Å²) < 4.78 is 0. The number of nitrogens with one attached hydrogen (secondary N) is 1. The third-order valence-corrected chi connectivity index (χ3v) is 3.28. The van der Waals surface area contributed by atoms with Crippen LogP contribution in [0.25, 0.3) is 0 Å². The first-order valence-electron chi connectivity index (χ1n) is 4.85. The Balaban J connectivity index is 2.46. The molecule has 0 saturated heterocycles. The predicted molar refractivity (Wildman–Crippen MR) is 57.1 cm³/mol. The molecule has 0 aromatic heterocycles. The van der Waals surface area contributed by atoms with Gasteiger partial charge in [0.1, 0.15) is 5.84 Å². The predicted octanol–water partition coefficient (Wildman–Crippen LogP) is 1.31. The second-order valence-electron chi connectivity index (χ2n) is 4.19. The Labute approximate surface area is 87.9 Å². The first-order valence-corrected chi connectivity index (χ1v) is 4.85. The highest BCUT2D eigenvalue weighted by Crippen LogP contribution is 2.54. The van der Waals surface area contributed by atoms with Gasteiger partial charge in [0.25, 0.3) is 0 Å². The molecule has 1 aromatic rings. The Bertz CT molecular complexity index is 431. The molecule has 0 bridgehead atoms. The van der Waals surface area contributed by atoms with E-state index in [1.807, 2.05) is 6.92 Å². The molecule has 1 fully saturated rings. The lowest BCUT2D eigenvalue weighted by molar-refractivity contribution is 0.403. The summed E-state index contributed by atoms with van der Waals surface area (Å²) in [6.07, 6.45) is 0.826. The van der Waals surface area contributed by atoms with E-state index in [1.165, 1.54) is 12.1 Å². The van der Waals surface area contributed by atoms with Crippen molar-refractivity contribution in [3.8, 4) is 11.5 Å². The van der Waals surface area contributed by atoms with Gasteiger partial charge < -0.3 is 15.9 Å². The van der Waals surface area contributed by atoms with Gasteiger partial charge in [-0.2, -0.15) is 0 Å². The minimum Gasteiger partial charge on any atom is -0.504 e. The lowest BCUT2D eigenvalue weighted by Gasteiger charge is -2.15. The van der Waals surface area contributed by atoms with E-state index in [0.29, 0.717) is 5.92 Å². The third kappa shape index (κ3) is 1.25. The standard InChI is InChI=1S/C11H14N2O2/c1-6-5-11(6,10(12)13)7-2-3-8(14)9(15)4-7/h2-4,6,14-15H,5H2,1H3,(H3,12,13). The Hall–Kier alpha value is -1.71. The topological polar surface area (TPSA) is 90.3 Å². The molecule has 0 amide bonds. The normalized spacial score (nSPS) is 28.7. The highest BCUT2D eigenvalue weighted by molar-refractivity contribution is 5.93. The number of nitrogens with two attached hydrogens (primary N) is 1. The van der Waals surface area contributed by atoms with E-state index in [9.17, 15) is 10.2 Å². The van der Waals surface area contributed by atoms with Crippen LogP contribution in [-0.2, 0) is 5.41 Å². The molecule has 0 spiro atoms. The number of aromatic hydroxyl groups is 2. The van der Waals surface area contributed by atoms with Gasteiger partial charge >= 0.3 is 0 Å². The van der Waals surface area contributed by atoms with Gasteiger partial charge in [-0.3, -0.25) is 5.41 Å². The second-order valence-corrected chi connectivity index (χ2v) is 4.19. The molecule has 2 rings (SSSR count). The zero-order valence-electron chi connectivity index (χ0n) is 8.49. The molecular weight excluding hydrogens is 192 g/mol. The second kappa shape index (κ2) is 2.89. The zero-order valence-corrected chi connectivity index (χ0v) is 8.49. The van der Waals surface area contributed by atoms with Crippen LogP contribution in [0.3, 0.4) is 0 Å². The molecule has 4 heteroatoms. The Morgan fingerprint density at radius 2 is 2.07 bits per heavy atom. The van der Waals surface area contributed by atoms with Crippen molar-refractivity contribution in [3.05, 3.63) is 23.8 Å². The lowest BCUT2D eigenvalue weighted by Crippen LogP contribution is -2.29. The van der Waals surface area contributed by atoms with E-state index in [0.717, 1.165) is 12.0 Å². The molecular formula is C11H14N2O2. The Morgan fingerprint density at radius 1 is 1.47 bits per heavy atom. The van der Waals surface area contributed by atoms with Crippen LogP contribution < -0.4 is 5.73 Å². The molecule has 0 aliphatic heterocycles. The molecule has 0 heterocycles. The smallest absolute Gasteiger partial charge is 0.157 e. The molecule has 1 aromatic carbocycles. The van der Waals surface area contributed by atoms with Gasteiger partial charge in [0.2, 0.25) is 0 Å². The zero-order chi connectivity index (χ0) is 11.2. The SMILES string of the molecule is CC1CC1(C(=N)N)c1ccc(O)c(O)c1. The third-order valence-electron chi connectivity index (χ3n) is 3.28. The largest absolute Gasteiger partial charge is 0.504 e. The number of phenolic OH excluding ortho intramolecular Hbond substituents is 2. The Kier molecular flexibility index (Phi) is 1.89. The summed E-state index contributed by atoms with van der Waals surface area (Å²) in [7, 11) is 0. The van der Waals surface area contributed by atoms with Crippen molar-refractivity contribution in [3.63, 3.8) is 0 Å². The highest BCUT2D eigenvalue weighted by Gasteiger charge is 2.55. The Morgan fingerprint density at radius 3 is 2.47 bits per heavy atom. The fourth-order valence-electron chi connectivity index (χ4n) is 2.16. The first kappa shape index (κ1) is 9.83. The summed E-state index contributed by atoms with van der Waals surface area (Å²) in [6, 6.07) is 4.63. The molecule has 0 radical (unpaired) electrons. The van der Waals surface area contributed by atoms with Crippen molar-refractivity contribution in [2.75, 3.05) is 0 Å². The summed E-state index contributed by atoms with van der Waals surface area (Å²) >= 11 is 0. The van der Waals surface area contributed by atoms with E-state index >= 15 is 0 Å². The molecule has 4 nitrogen and oxygen atoms in total. The van der Waals surface area contributed by atoms with Crippen LogP contribution in [0, 0.1) is 11.3 Å². The van der Waals surface area contributed by atoms with Gasteiger partial charge in [-0.15, -0.1) is 0 Å². The average molecular weight is 206 g/mol. The average Bonchev–Trinajstić information content (AvgIpc) is 2.84. The van der Waals surface area contributed by atoms with Crippen LogP contribution in [0.15, 0.2) is 18.2 Å². The monoisotopic (exact) mass is 206 g/mol. The van der Waals surface area contributed by atoms with Crippen LogP contribution in [-0.4, -0.2) is 16.0 Å². The minimum absolute atomic E-state index is 0.125. The quantitative estimate of drug-likeness (QED) is 0.334. The van der Waals surface area contributed by atoms with Crippen LogP contribution in [0.2, 0.25) is 0 Å². The minimum atomic E-state index is -0.425. The summed E-state index contributed by atoms with van der Waals surface area (Å²) in [5, 5.41) is 26.2. The van der Waals surface area contributed by atoms with E-state index in [1.54, 1.807) is 6.07 Å². The fraction of sp³-hybridized carbons (Fsp3) is 0.364. The summed E-state index contributed by atoms with van der Waals surface area (Å²) in [5.74, 6) is 0.136. The molecule has 15 heavy (non-hydrogen) atoms. The van der Waals surface area contributed by atoms with Crippen LogP contribution in [0.4, 0.5) is 0 Å². The van der Waals surface area contributed by atoms with Gasteiger partial charge in [0, 0.05) is 0 Å². The van der Waals surface area contributed by atoms with Gasteiger partial charge in [-0.05, 0) is 30.0 Å². The van der Waals surface area contributed by atoms with Crippen molar-refractivity contribution < 1.29 is 10.2 Å². The van der Waals surface area contributed by atoms with Crippen LogP contribution in [0.5, 0.6) is 11.5 Å². The van der Waals surface area contributed by atoms with Crippen molar-refractivity contribution in [1.82, 2.24) is 0 Å². The van der Waals surface area contributed by atoms with Crippen molar-refractivity contribution in [1.29, 1.82) is 5.41 Å². The van der Waals surface area contributed by atoms with E-state index in [2.05, 4.69) is 0 Å². The van der Waals surface area contributed by atoms with Crippen molar-refractivity contribution >= 4 is 5.84 Å². The molecule has 1 aliphatic rings. The highest BCUT2D eigenvalue weighted by atomic mass is 16.3. The van der Waals surface area contributed by atoms with Crippen molar-refractivity contribution in [2.45, 2.75) is 18.8 Å². The first-order chi connectivity index (χ1) is 6.98. The summed E-state index contributed by atoms with van der Waals surface area (Å²) in [6.45, 7) is 2.02. The number of phenols is 2. The van der Waals surface area contributed by atoms with E-state index in [4.69, 9.17) is 11.1 Å². The van der Waals surface area contributed by atoms with Crippen LogP contribution in [0.1, 0.15) is 18.9 Å². The van der Waals surface area contributed by atoms with Gasteiger partial charge in [0.15, 0.2) is 11.5 Å².